The third-order valence-electron chi connectivity index (χ3n) is 6.64. The molecule has 1 amide bonds. The number of aryl methyl sites for hydroxylation is 1. The first-order chi connectivity index (χ1) is 18.8. The van der Waals surface area contributed by atoms with Crippen molar-refractivity contribution in [3.8, 4) is 17.0 Å². The van der Waals surface area contributed by atoms with Crippen LogP contribution < -0.4 is 9.84 Å². The van der Waals surface area contributed by atoms with Crippen molar-refractivity contribution in [1.82, 2.24) is 19.7 Å². The molecule has 3 aromatic heterocycles. The zero-order valence-electron chi connectivity index (χ0n) is 21.7. The molecule has 4 aromatic rings. The van der Waals surface area contributed by atoms with Crippen LogP contribution in [0.3, 0.4) is 0 Å². The molecule has 0 bridgehead atoms. The topological polar surface area (TPSA) is 119 Å². The molecule has 1 atom stereocenters. The van der Waals surface area contributed by atoms with Crippen LogP contribution in [0.1, 0.15) is 55.8 Å². The number of nitrogens with one attached hydrogen (secondary N) is 1. The Morgan fingerprint density at radius 1 is 1.23 bits per heavy atom. The predicted octanol–water partition coefficient (Wildman–Crippen LogP) is 6.95. The minimum Gasteiger partial charge on any atom is -0.424 e. The van der Waals surface area contributed by atoms with Gasteiger partial charge in [0.15, 0.2) is 11.5 Å². The van der Waals surface area contributed by atoms with Crippen LogP contribution in [0, 0.1) is 5.92 Å². The van der Waals surface area contributed by atoms with Gasteiger partial charge in [0.05, 0.1) is 27.8 Å². The second kappa shape index (κ2) is 11.9. The minimum absolute atomic E-state index is 0.0864. The van der Waals surface area contributed by atoms with Crippen molar-refractivity contribution in [3.63, 3.8) is 0 Å². The summed E-state index contributed by atoms with van der Waals surface area (Å²) in [4.78, 5) is 31.7. The normalized spacial score (nSPS) is 14.7. The molecule has 1 unspecified atom stereocenters. The van der Waals surface area contributed by atoms with Gasteiger partial charge in [-0.15, -0.1) is 0 Å². The van der Waals surface area contributed by atoms with Crippen LogP contribution in [0.15, 0.2) is 54.9 Å². The van der Waals surface area contributed by atoms with Gasteiger partial charge in [0.2, 0.25) is 0 Å². The molecule has 1 aromatic carbocycles. The Labute approximate surface area is 232 Å². The summed E-state index contributed by atoms with van der Waals surface area (Å²) in [5.41, 5.74) is 2.31. The largest absolute Gasteiger partial charge is 0.424 e. The van der Waals surface area contributed by atoms with Crippen LogP contribution >= 0.6 is 19.2 Å². The van der Waals surface area contributed by atoms with Crippen LogP contribution in [-0.4, -0.2) is 36.7 Å². The number of halogens is 1. The Morgan fingerprint density at radius 3 is 2.72 bits per heavy atom. The van der Waals surface area contributed by atoms with Gasteiger partial charge < -0.3 is 14.7 Å². The highest BCUT2D eigenvalue weighted by Crippen LogP contribution is 2.43. The third-order valence-corrected chi connectivity index (χ3v) is 8.44. The Hall–Kier alpha value is -3.26. The van der Waals surface area contributed by atoms with E-state index in [-0.39, 0.29) is 12.1 Å². The number of pyridine rings is 2. The highest BCUT2D eigenvalue weighted by molar-refractivity contribution is 7.53. The number of anilines is 1. The van der Waals surface area contributed by atoms with Gasteiger partial charge in [-0.2, -0.15) is 5.10 Å². The van der Waals surface area contributed by atoms with Gasteiger partial charge in [-0.3, -0.25) is 9.78 Å². The lowest BCUT2D eigenvalue weighted by Crippen LogP contribution is -2.13. The SMILES string of the molecule is CCCP(=O)(O)Oc1ccc(-c2nc3c(cc2Cl)c(NC(=O)c2cccnc2)nn3CCCCC2CC2)cc1. The molecule has 11 heteroatoms. The van der Waals surface area contributed by atoms with Crippen molar-refractivity contribution in [1.29, 1.82) is 0 Å². The number of hydrogen-bond donors (Lipinski definition) is 2. The van der Waals surface area contributed by atoms with Crippen molar-refractivity contribution in [2.45, 2.75) is 52.0 Å². The molecule has 204 valence electrons. The summed E-state index contributed by atoms with van der Waals surface area (Å²) in [6.45, 7) is 2.49. The van der Waals surface area contributed by atoms with E-state index < -0.39 is 7.60 Å². The quantitative estimate of drug-likeness (QED) is 0.140. The number of aromatic nitrogens is 4. The third kappa shape index (κ3) is 6.85. The molecule has 39 heavy (non-hydrogen) atoms. The monoisotopic (exact) mass is 567 g/mol. The molecule has 3 heterocycles. The van der Waals surface area contributed by atoms with Gasteiger partial charge in [-0.25, -0.2) is 14.2 Å². The van der Waals surface area contributed by atoms with Crippen LogP contribution in [0.5, 0.6) is 5.75 Å². The van der Waals surface area contributed by atoms with Gasteiger partial charge >= 0.3 is 7.60 Å². The zero-order chi connectivity index (χ0) is 27.4. The Bertz CT molecular complexity index is 1510. The fourth-order valence-electron chi connectivity index (χ4n) is 4.47. The maximum Gasteiger partial charge on any atom is 0.376 e. The number of amides is 1. The number of nitrogens with zero attached hydrogens (tertiary/aromatic N) is 4. The lowest BCUT2D eigenvalue weighted by atomic mass is 10.1. The van der Waals surface area contributed by atoms with Gasteiger partial charge in [0.25, 0.3) is 5.91 Å². The molecule has 5 rings (SSSR count). The zero-order valence-corrected chi connectivity index (χ0v) is 23.4. The predicted molar refractivity (Wildman–Crippen MR) is 152 cm³/mol. The van der Waals surface area contributed by atoms with E-state index in [9.17, 15) is 14.3 Å². The summed E-state index contributed by atoms with van der Waals surface area (Å²) < 4.78 is 19.3. The minimum atomic E-state index is -3.69. The molecular formula is C28H31ClN5O4P. The molecule has 1 fully saturated rings. The van der Waals surface area contributed by atoms with Crippen LogP contribution in [-0.2, 0) is 11.1 Å². The fraction of sp³-hybridized carbons (Fsp3) is 0.357. The Balaban J connectivity index is 1.44. The van der Waals surface area contributed by atoms with Crippen LogP contribution in [0.2, 0.25) is 5.02 Å². The number of rotatable bonds is 12. The summed E-state index contributed by atoms with van der Waals surface area (Å²) in [6, 6.07) is 11.9. The molecule has 0 saturated heterocycles. The number of benzene rings is 1. The average molecular weight is 568 g/mol. The number of carbonyl (C=O) groups is 1. The van der Waals surface area contributed by atoms with Crippen molar-refractivity contribution in [2.24, 2.45) is 5.92 Å². The van der Waals surface area contributed by atoms with E-state index in [1.54, 1.807) is 48.7 Å². The molecule has 0 aliphatic heterocycles. The molecule has 0 spiro atoms. The maximum absolute atomic E-state index is 12.9. The second-order valence-corrected chi connectivity index (χ2v) is 12.2. The molecule has 0 radical (unpaired) electrons. The first-order valence-corrected chi connectivity index (χ1v) is 15.4. The van der Waals surface area contributed by atoms with E-state index in [2.05, 4.69) is 10.3 Å². The summed E-state index contributed by atoms with van der Waals surface area (Å²) in [5.74, 6) is 1.24. The van der Waals surface area contributed by atoms with E-state index in [1.165, 1.54) is 25.5 Å². The molecular weight excluding hydrogens is 537 g/mol. The van der Waals surface area contributed by atoms with Gasteiger partial charge in [0.1, 0.15) is 5.75 Å². The van der Waals surface area contributed by atoms with Crippen molar-refractivity contribution >= 4 is 42.0 Å². The average Bonchev–Trinajstić information content (AvgIpc) is 3.69. The number of fused-ring (bicyclic) bond motifs is 1. The van der Waals surface area contributed by atoms with Gasteiger partial charge in [-0.05, 0) is 61.2 Å². The second-order valence-electron chi connectivity index (χ2n) is 9.87. The Kier molecular flexibility index (Phi) is 8.31. The number of unbranched alkanes of at least 4 members (excludes halogenated alkanes) is 1. The van der Waals surface area contributed by atoms with E-state index in [0.29, 0.717) is 51.8 Å². The molecule has 2 N–H and O–H groups in total. The fourth-order valence-corrected chi connectivity index (χ4v) is 5.84. The van der Waals surface area contributed by atoms with Crippen molar-refractivity contribution in [3.05, 3.63) is 65.4 Å². The van der Waals surface area contributed by atoms with Gasteiger partial charge in [-0.1, -0.05) is 44.2 Å². The summed E-state index contributed by atoms with van der Waals surface area (Å²) in [5, 5.41) is 8.62. The molecule has 1 saturated carbocycles. The van der Waals surface area contributed by atoms with E-state index in [4.69, 9.17) is 26.2 Å². The number of hydrogen-bond acceptors (Lipinski definition) is 6. The lowest BCUT2D eigenvalue weighted by Gasteiger charge is -2.13. The van der Waals surface area contributed by atoms with E-state index in [0.717, 1.165) is 24.3 Å². The first kappa shape index (κ1) is 27.3. The van der Waals surface area contributed by atoms with Crippen molar-refractivity contribution in [2.75, 3.05) is 11.5 Å². The standard InChI is InChI=1S/C28H31ClN5O4P/c1-2-16-39(36,37)38-22-12-10-20(11-13-22)25-24(29)17-23-26(32-28(35)21-7-5-14-30-18-21)33-34(27(23)31-25)15-4-3-6-19-8-9-19/h5,7,10-14,17-19H,2-4,6,8-9,15-16H2,1H3,(H,36,37)(H,32,33,35). The van der Waals surface area contributed by atoms with E-state index in [1.807, 2.05) is 11.6 Å². The highest BCUT2D eigenvalue weighted by atomic mass is 35.5. The smallest absolute Gasteiger partial charge is 0.376 e. The summed E-state index contributed by atoms with van der Waals surface area (Å²) >= 11 is 6.69. The molecule has 9 nitrogen and oxygen atoms in total. The number of carbonyl (C=O) groups excluding carboxylic acids is 1. The maximum atomic E-state index is 12.9. The van der Waals surface area contributed by atoms with E-state index >= 15 is 0 Å². The molecule has 1 aliphatic rings. The molecule has 1 aliphatic carbocycles. The summed E-state index contributed by atoms with van der Waals surface area (Å²) in [7, 11) is -3.69. The van der Waals surface area contributed by atoms with Crippen LogP contribution in [0.4, 0.5) is 5.82 Å². The Morgan fingerprint density at radius 2 is 2.03 bits per heavy atom. The van der Waals surface area contributed by atoms with Crippen LogP contribution in [0.25, 0.3) is 22.3 Å². The summed E-state index contributed by atoms with van der Waals surface area (Å²) in [6.07, 6.45) is 9.69. The highest BCUT2D eigenvalue weighted by Gasteiger charge is 2.22. The lowest BCUT2D eigenvalue weighted by molar-refractivity contribution is 0.102. The van der Waals surface area contributed by atoms with Gasteiger partial charge in [0, 0.05) is 24.5 Å². The van der Waals surface area contributed by atoms with Crippen molar-refractivity contribution < 1.29 is 18.8 Å². The first-order valence-electron chi connectivity index (χ1n) is 13.2.